The highest BCUT2D eigenvalue weighted by atomic mass is 16.6. The van der Waals surface area contributed by atoms with Gasteiger partial charge in [0.25, 0.3) is 0 Å². The van der Waals surface area contributed by atoms with Crippen molar-refractivity contribution in [3.05, 3.63) is 0 Å². The van der Waals surface area contributed by atoms with Gasteiger partial charge in [-0.1, -0.05) is 13.3 Å². The highest BCUT2D eigenvalue weighted by Crippen LogP contribution is 2.27. The molecular formula is C8H16O5. The Morgan fingerprint density at radius 2 is 2.00 bits per heavy atom. The zero-order chi connectivity index (χ0) is 10.1. The van der Waals surface area contributed by atoms with Crippen LogP contribution < -0.4 is 0 Å². The molecule has 4 atom stereocenters. The highest BCUT2D eigenvalue weighted by molar-refractivity contribution is 4.91. The molecule has 1 aliphatic heterocycles. The van der Waals surface area contributed by atoms with E-state index in [1.54, 1.807) is 0 Å². The third kappa shape index (κ3) is 2.00. The average molecular weight is 192 g/mol. The minimum absolute atomic E-state index is 0.158. The van der Waals surface area contributed by atoms with Crippen LogP contribution in [-0.2, 0) is 4.74 Å². The lowest BCUT2D eigenvalue weighted by atomic mass is 9.94. The van der Waals surface area contributed by atoms with E-state index >= 15 is 0 Å². The zero-order valence-electron chi connectivity index (χ0n) is 7.55. The monoisotopic (exact) mass is 192 g/mol. The molecule has 0 aromatic rings. The van der Waals surface area contributed by atoms with Crippen molar-refractivity contribution in [2.24, 2.45) is 0 Å². The quantitative estimate of drug-likeness (QED) is 0.431. The van der Waals surface area contributed by atoms with Crippen LogP contribution in [0, 0.1) is 0 Å². The van der Waals surface area contributed by atoms with Crippen LogP contribution in [0.15, 0.2) is 0 Å². The van der Waals surface area contributed by atoms with Crippen LogP contribution in [0.1, 0.15) is 19.8 Å². The molecule has 1 aliphatic rings. The van der Waals surface area contributed by atoms with Gasteiger partial charge >= 0.3 is 0 Å². The number of hydrogen-bond donors (Lipinski definition) is 4. The normalized spacial score (nSPS) is 46.4. The summed E-state index contributed by atoms with van der Waals surface area (Å²) in [6.45, 7) is 1.67. The fraction of sp³-hybridized carbons (Fsp3) is 1.00. The molecule has 1 rings (SSSR count). The molecule has 0 radical (unpaired) electrons. The minimum Gasteiger partial charge on any atom is -0.388 e. The number of hydrogen-bond acceptors (Lipinski definition) is 5. The molecule has 13 heavy (non-hydrogen) atoms. The first-order valence-electron chi connectivity index (χ1n) is 4.42. The van der Waals surface area contributed by atoms with Crippen LogP contribution in [0.4, 0.5) is 0 Å². The standard InChI is InChI=1S/C8H16O5/c1-2-3-8(12)7(11)6(10)5(9)4-13-8/h5-7,9-12H,2-4H2,1H3/t5-,6+,7-,8?/m1/s1. The van der Waals surface area contributed by atoms with Gasteiger partial charge < -0.3 is 25.2 Å². The van der Waals surface area contributed by atoms with Gasteiger partial charge in [-0.2, -0.15) is 0 Å². The number of aliphatic hydroxyl groups excluding tert-OH is 3. The van der Waals surface area contributed by atoms with Gasteiger partial charge in [-0.25, -0.2) is 0 Å². The second kappa shape index (κ2) is 3.89. The van der Waals surface area contributed by atoms with E-state index in [-0.39, 0.29) is 13.0 Å². The molecule has 1 fully saturated rings. The summed E-state index contributed by atoms with van der Waals surface area (Å²) in [5.74, 6) is -1.71. The molecule has 5 nitrogen and oxygen atoms in total. The first-order valence-corrected chi connectivity index (χ1v) is 4.42. The highest BCUT2D eigenvalue weighted by Gasteiger charge is 2.47. The van der Waals surface area contributed by atoms with Gasteiger partial charge in [-0.3, -0.25) is 0 Å². The molecule has 0 aromatic heterocycles. The number of aliphatic hydroxyl groups is 4. The molecule has 4 N–H and O–H groups in total. The summed E-state index contributed by atoms with van der Waals surface area (Å²) < 4.78 is 4.90. The van der Waals surface area contributed by atoms with Crippen molar-refractivity contribution in [2.75, 3.05) is 6.61 Å². The molecule has 5 heteroatoms. The van der Waals surface area contributed by atoms with E-state index < -0.39 is 24.1 Å². The van der Waals surface area contributed by atoms with E-state index in [0.29, 0.717) is 6.42 Å². The lowest BCUT2D eigenvalue weighted by Gasteiger charge is -2.41. The molecule has 1 heterocycles. The maximum absolute atomic E-state index is 9.68. The summed E-state index contributed by atoms with van der Waals surface area (Å²) in [5, 5.41) is 37.5. The van der Waals surface area contributed by atoms with Crippen LogP contribution in [0.25, 0.3) is 0 Å². The molecular weight excluding hydrogens is 176 g/mol. The smallest absolute Gasteiger partial charge is 0.194 e. The molecule has 1 unspecified atom stereocenters. The van der Waals surface area contributed by atoms with Crippen molar-refractivity contribution in [2.45, 2.75) is 43.9 Å². The van der Waals surface area contributed by atoms with E-state index in [4.69, 9.17) is 9.84 Å². The molecule has 78 valence electrons. The summed E-state index contributed by atoms with van der Waals surface area (Å²) in [5.41, 5.74) is 0. The maximum atomic E-state index is 9.68. The predicted octanol–water partition coefficient (Wildman–Crippen LogP) is -1.41. The summed E-state index contributed by atoms with van der Waals surface area (Å²) in [7, 11) is 0. The Morgan fingerprint density at radius 3 is 2.54 bits per heavy atom. The predicted molar refractivity (Wildman–Crippen MR) is 43.8 cm³/mol. The molecule has 0 amide bonds. The van der Waals surface area contributed by atoms with Crippen LogP contribution in [0.2, 0.25) is 0 Å². The topological polar surface area (TPSA) is 90.2 Å². The van der Waals surface area contributed by atoms with Crippen molar-refractivity contribution >= 4 is 0 Å². The van der Waals surface area contributed by atoms with Crippen molar-refractivity contribution in [1.82, 2.24) is 0 Å². The lowest BCUT2D eigenvalue weighted by Crippen LogP contribution is -2.60. The van der Waals surface area contributed by atoms with E-state index in [2.05, 4.69) is 0 Å². The summed E-state index contributed by atoms with van der Waals surface area (Å²) >= 11 is 0. The van der Waals surface area contributed by atoms with Gasteiger partial charge in [0.15, 0.2) is 5.79 Å². The van der Waals surface area contributed by atoms with E-state index in [1.807, 2.05) is 6.92 Å². The SMILES string of the molecule is CCCC1(O)OC[C@@H](O)[C@H](O)[C@H]1O. The Hall–Kier alpha value is -0.200. The number of ether oxygens (including phenoxy) is 1. The van der Waals surface area contributed by atoms with E-state index in [9.17, 15) is 15.3 Å². The third-order valence-electron chi connectivity index (χ3n) is 2.29. The summed E-state index contributed by atoms with van der Waals surface area (Å²) in [6.07, 6.45) is -3.07. The summed E-state index contributed by atoms with van der Waals surface area (Å²) in [4.78, 5) is 0. The Bertz CT molecular complexity index is 174. The van der Waals surface area contributed by atoms with Crippen LogP contribution in [0.3, 0.4) is 0 Å². The molecule has 1 saturated heterocycles. The molecule has 0 spiro atoms. The van der Waals surface area contributed by atoms with Gasteiger partial charge in [0, 0.05) is 6.42 Å². The van der Waals surface area contributed by atoms with Crippen molar-refractivity contribution in [1.29, 1.82) is 0 Å². The molecule has 0 bridgehead atoms. The minimum atomic E-state index is -1.71. The fourth-order valence-corrected chi connectivity index (χ4v) is 1.47. The third-order valence-corrected chi connectivity index (χ3v) is 2.29. The first kappa shape index (κ1) is 10.9. The average Bonchev–Trinajstić information content (AvgIpc) is 2.10. The van der Waals surface area contributed by atoms with Crippen molar-refractivity contribution in [3.63, 3.8) is 0 Å². The first-order chi connectivity index (χ1) is 6.01. The maximum Gasteiger partial charge on any atom is 0.194 e. The molecule has 0 aromatic carbocycles. The largest absolute Gasteiger partial charge is 0.388 e. The van der Waals surface area contributed by atoms with Crippen molar-refractivity contribution in [3.8, 4) is 0 Å². The molecule has 0 saturated carbocycles. The Morgan fingerprint density at radius 1 is 1.38 bits per heavy atom. The second-order valence-electron chi connectivity index (χ2n) is 3.41. The van der Waals surface area contributed by atoms with Crippen molar-refractivity contribution < 1.29 is 25.2 Å². The van der Waals surface area contributed by atoms with Crippen LogP contribution >= 0.6 is 0 Å². The molecule has 0 aliphatic carbocycles. The summed E-state index contributed by atoms with van der Waals surface area (Å²) in [6, 6.07) is 0. The van der Waals surface area contributed by atoms with Crippen LogP contribution in [-0.4, -0.2) is 51.1 Å². The van der Waals surface area contributed by atoms with Gasteiger partial charge in [0.1, 0.15) is 18.3 Å². The zero-order valence-corrected chi connectivity index (χ0v) is 7.55. The van der Waals surface area contributed by atoms with Gasteiger partial charge in [0.05, 0.1) is 6.61 Å². The van der Waals surface area contributed by atoms with E-state index in [0.717, 1.165) is 0 Å². The van der Waals surface area contributed by atoms with Crippen LogP contribution in [0.5, 0.6) is 0 Å². The van der Waals surface area contributed by atoms with Gasteiger partial charge in [-0.15, -0.1) is 0 Å². The fourth-order valence-electron chi connectivity index (χ4n) is 1.47. The lowest BCUT2D eigenvalue weighted by molar-refractivity contribution is -0.323. The Kier molecular flexibility index (Phi) is 3.26. The van der Waals surface area contributed by atoms with Gasteiger partial charge in [-0.05, 0) is 0 Å². The van der Waals surface area contributed by atoms with E-state index in [1.165, 1.54) is 0 Å². The van der Waals surface area contributed by atoms with Gasteiger partial charge in [0.2, 0.25) is 0 Å². The number of rotatable bonds is 2. The Balaban J connectivity index is 2.67. The second-order valence-corrected chi connectivity index (χ2v) is 3.41. The Labute approximate surface area is 76.6 Å².